The van der Waals surface area contributed by atoms with Crippen LogP contribution in [0.4, 0.5) is 0 Å². The number of hydrogen-bond donors (Lipinski definition) is 0. The second-order valence-corrected chi connectivity index (χ2v) is 5.69. The highest BCUT2D eigenvalue weighted by molar-refractivity contribution is 5.75. The van der Waals surface area contributed by atoms with E-state index in [1.807, 2.05) is 0 Å². The zero-order valence-electron chi connectivity index (χ0n) is 8.97. The Balaban J connectivity index is 1.93. The molecule has 0 amide bonds. The van der Waals surface area contributed by atoms with E-state index in [9.17, 15) is 4.79 Å². The molecule has 0 spiro atoms. The standard InChI is InChI=1S/C12H20O/c1-8(13)4-9-5-10-7-11(6-9)12(10,2)3/h9-11H,4-7H2,1-3H3/t9?,10-,11+. The Bertz CT molecular complexity index is 215. The lowest BCUT2D eigenvalue weighted by molar-refractivity contribution is -0.123. The summed E-state index contributed by atoms with van der Waals surface area (Å²) in [5.74, 6) is 2.92. The van der Waals surface area contributed by atoms with Crippen LogP contribution >= 0.6 is 0 Å². The van der Waals surface area contributed by atoms with Crippen LogP contribution in [-0.2, 0) is 4.79 Å². The van der Waals surface area contributed by atoms with Crippen molar-refractivity contribution in [2.24, 2.45) is 23.2 Å². The molecule has 13 heavy (non-hydrogen) atoms. The average Bonchev–Trinajstić information content (AvgIpc) is 2.03. The van der Waals surface area contributed by atoms with Crippen molar-refractivity contribution < 1.29 is 4.79 Å². The van der Waals surface area contributed by atoms with Crippen LogP contribution in [0.1, 0.15) is 46.5 Å². The van der Waals surface area contributed by atoms with E-state index in [4.69, 9.17) is 0 Å². The van der Waals surface area contributed by atoms with Gasteiger partial charge in [0.15, 0.2) is 0 Å². The van der Waals surface area contributed by atoms with Crippen molar-refractivity contribution in [1.82, 2.24) is 0 Å². The molecule has 1 unspecified atom stereocenters. The van der Waals surface area contributed by atoms with Crippen molar-refractivity contribution in [1.29, 1.82) is 0 Å². The fourth-order valence-electron chi connectivity index (χ4n) is 3.40. The maximum atomic E-state index is 11.0. The Hall–Kier alpha value is -0.330. The quantitative estimate of drug-likeness (QED) is 0.638. The Labute approximate surface area is 80.9 Å². The van der Waals surface area contributed by atoms with Crippen LogP contribution in [-0.4, -0.2) is 5.78 Å². The molecule has 2 bridgehead atoms. The van der Waals surface area contributed by atoms with Gasteiger partial charge in [0.25, 0.3) is 0 Å². The first-order chi connectivity index (χ1) is 6.00. The number of fused-ring (bicyclic) bond motifs is 2. The second kappa shape index (κ2) is 2.83. The van der Waals surface area contributed by atoms with Gasteiger partial charge in [0, 0.05) is 6.42 Å². The third-order valence-electron chi connectivity index (χ3n) is 4.49. The van der Waals surface area contributed by atoms with Crippen molar-refractivity contribution in [3.05, 3.63) is 0 Å². The zero-order valence-corrected chi connectivity index (χ0v) is 8.97. The molecule has 3 saturated carbocycles. The van der Waals surface area contributed by atoms with Crippen LogP contribution in [0.25, 0.3) is 0 Å². The molecule has 0 aromatic carbocycles. The lowest BCUT2D eigenvalue weighted by atomic mass is 9.46. The van der Waals surface area contributed by atoms with Gasteiger partial charge < -0.3 is 4.79 Å². The Morgan fingerprint density at radius 3 is 2.15 bits per heavy atom. The molecule has 3 aliphatic rings. The summed E-state index contributed by atoms with van der Waals surface area (Å²) < 4.78 is 0. The van der Waals surface area contributed by atoms with Gasteiger partial charge in [0.1, 0.15) is 5.78 Å². The summed E-state index contributed by atoms with van der Waals surface area (Å²) in [6.07, 6.45) is 4.89. The van der Waals surface area contributed by atoms with Crippen LogP contribution in [0, 0.1) is 23.2 Å². The number of hydrogen-bond acceptors (Lipinski definition) is 1. The van der Waals surface area contributed by atoms with Gasteiger partial charge >= 0.3 is 0 Å². The Kier molecular flexibility index (Phi) is 2.01. The Morgan fingerprint density at radius 2 is 1.77 bits per heavy atom. The monoisotopic (exact) mass is 180 g/mol. The summed E-state index contributed by atoms with van der Waals surface area (Å²) in [7, 11) is 0. The summed E-state index contributed by atoms with van der Waals surface area (Å²) in [5, 5.41) is 0. The van der Waals surface area contributed by atoms with E-state index in [1.165, 1.54) is 19.3 Å². The lowest BCUT2D eigenvalue weighted by Crippen LogP contribution is -2.50. The zero-order chi connectivity index (χ0) is 9.64. The number of rotatable bonds is 2. The molecule has 0 aliphatic heterocycles. The molecule has 0 saturated heterocycles. The smallest absolute Gasteiger partial charge is 0.130 e. The van der Waals surface area contributed by atoms with Crippen LogP contribution < -0.4 is 0 Å². The molecule has 1 nitrogen and oxygen atoms in total. The molecule has 0 N–H and O–H groups in total. The molecule has 1 heteroatoms. The van der Waals surface area contributed by atoms with E-state index in [1.54, 1.807) is 6.92 Å². The summed E-state index contributed by atoms with van der Waals surface area (Å²) in [6, 6.07) is 0. The van der Waals surface area contributed by atoms with Crippen LogP contribution in [0.15, 0.2) is 0 Å². The maximum absolute atomic E-state index is 11.0. The van der Waals surface area contributed by atoms with Crippen LogP contribution in [0.3, 0.4) is 0 Å². The van der Waals surface area contributed by atoms with Gasteiger partial charge in [-0.25, -0.2) is 0 Å². The lowest BCUT2D eigenvalue weighted by Gasteiger charge is -2.59. The molecule has 3 aliphatic carbocycles. The predicted molar refractivity (Wildman–Crippen MR) is 53.4 cm³/mol. The molecular weight excluding hydrogens is 160 g/mol. The van der Waals surface area contributed by atoms with Gasteiger partial charge in [-0.05, 0) is 49.4 Å². The first-order valence-corrected chi connectivity index (χ1v) is 5.49. The fourth-order valence-corrected chi connectivity index (χ4v) is 3.40. The van der Waals surface area contributed by atoms with Crippen molar-refractivity contribution >= 4 is 5.78 Å². The van der Waals surface area contributed by atoms with E-state index < -0.39 is 0 Å². The van der Waals surface area contributed by atoms with Crippen molar-refractivity contribution in [2.75, 3.05) is 0 Å². The SMILES string of the molecule is CC(=O)CC1C[C@@H]2C[C@H](C1)C2(C)C. The fraction of sp³-hybridized carbons (Fsp3) is 0.917. The summed E-state index contributed by atoms with van der Waals surface area (Å²) in [5.41, 5.74) is 0.591. The maximum Gasteiger partial charge on any atom is 0.130 e. The van der Waals surface area contributed by atoms with E-state index in [0.29, 0.717) is 17.1 Å². The minimum Gasteiger partial charge on any atom is -0.300 e. The molecule has 3 rings (SSSR count). The number of carbonyl (C=O) groups is 1. The number of carbonyl (C=O) groups excluding carboxylic acids is 1. The first kappa shape index (κ1) is 9.23. The number of ketones is 1. The van der Waals surface area contributed by atoms with E-state index in [0.717, 1.165) is 18.3 Å². The minimum atomic E-state index is 0.379. The van der Waals surface area contributed by atoms with Crippen LogP contribution in [0.2, 0.25) is 0 Å². The van der Waals surface area contributed by atoms with Crippen molar-refractivity contribution in [3.63, 3.8) is 0 Å². The molecule has 3 atom stereocenters. The largest absolute Gasteiger partial charge is 0.300 e. The molecular formula is C12H20O. The van der Waals surface area contributed by atoms with E-state index in [-0.39, 0.29) is 0 Å². The predicted octanol–water partition coefficient (Wildman–Crippen LogP) is 3.04. The van der Waals surface area contributed by atoms with E-state index in [2.05, 4.69) is 13.8 Å². The molecule has 3 fully saturated rings. The van der Waals surface area contributed by atoms with Gasteiger partial charge in [-0.1, -0.05) is 13.8 Å². The van der Waals surface area contributed by atoms with Gasteiger partial charge in [-0.3, -0.25) is 0 Å². The first-order valence-electron chi connectivity index (χ1n) is 5.49. The van der Waals surface area contributed by atoms with Crippen LogP contribution in [0.5, 0.6) is 0 Å². The third-order valence-corrected chi connectivity index (χ3v) is 4.49. The third kappa shape index (κ3) is 1.43. The molecule has 0 heterocycles. The highest BCUT2D eigenvalue weighted by Crippen LogP contribution is 2.61. The molecule has 74 valence electrons. The number of Topliss-reactive ketones (excluding diaryl/α,β-unsaturated/α-hetero) is 1. The van der Waals surface area contributed by atoms with Gasteiger partial charge in [-0.2, -0.15) is 0 Å². The van der Waals surface area contributed by atoms with Gasteiger partial charge in [0.2, 0.25) is 0 Å². The minimum absolute atomic E-state index is 0.379. The van der Waals surface area contributed by atoms with Gasteiger partial charge in [0.05, 0.1) is 0 Å². The normalized spacial score (nSPS) is 41.0. The second-order valence-electron chi connectivity index (χ2n) is 5.69. The van der Waals surface area contributed by atoms with Crippen molar-refractivity contribution in [2.45, 2.75) is 46.5 Å². The molecule has 0 aromatic heterocycles. The summed E-state index contributed by atoms with van der Waals surface area (Å²) in [4.78, 5) is 11.0. The van der Waals surface area contributed by atoms with Crippen molar-refractivity contribution in [3.8, 4) is 0 Å². The van der Waals surface area contributed by atoms with E-state index >= 15 is 0 Å². The topological polar surface area (TPSA) is 17.1 Å². The summed E-state index contributed by atoms with van der Waals surface area (Å²) >= 11 is 0. The highest BCUT2D eigenvalue weighted by Gasteiger charge is 2.52. The van der Waals surface area contributed by atoms with Gasteiger partial charge in [-0.15, -0.1) is 0 Å². The molecule has 0 aromatic rings. The average molecular weight is 180 g/mol. The molecule has 0 radical (unpaired) electrons. The summed E-state index contributed by atoms with van der Waals surface area (Å²) in [6.45, 7) is 6.52. The Morgan fingerprint density at radius 1 is 1.23 bits per heavy atom. The highest BCUT2D eigenvalue weighted by atomic mass is 16.1.